The number of aromatic nitrogens is 1. The first-order valence-corrected chi connectivity index (χ1v) is 13.5. The number of rotatable bonds is 9. The molecule has 0 spiro atoms. The molecule has 0 unspecified atom stereocenters. The number of nitrogens with one attached hydrogen (secondary N) is 1. The van der Waals surface area contributed by atoms with Crippen LogP contribution < -0.4 is 11.2 Å². The van der Waals surface area contributed by atoms with Crippen molar-refractivity contribution < 1.29 is 19.1 Å². The Morgan fingerprint density at radius 3 is 2.38 bits per heavy atom. The second kappa shape index (κ2) is 13.7. The minimum absolute atomic E-state index is 0.163. The van der Waals surface area contributed by atoms with Gasteiger partial charge in [0.2, 0.25) is 0 Å². The van der Waals surface area contributed by atoms with Gasteiger partial charge >= 0.3 is 6.09 Å². The summed E-state index contributed by atoms with van der Waals surface area (Å²) in [6, 6.07) is 20.7. The van der Waals surface area contributed by atoms with Crippen LogP contribution in [0.15, 0.2) is 72.9 Å². The number of likely N-dealkylation sites (tertiary alicyclic amines) is 1. The maximum absolute atomic E-state index is 12.8. The van der Waals surface area contributed by atoms with Gasteiger partial charge in [-0.15, -0.1) is 0 Å². The summed E-state index contributed by atoms with van der Waals surface area (Å²) in [5.74, 6) is 5.07. The highest BCUT2D eigenvalue weighted by molar-refractivity contribution is 5.96. The average Bonchev–Trinajstić information content (AvgIpc) is 3.00. The van der Waals surface area contributed by atoms with Gasteiger partial charge in [0.1, 0.15) is 11.8 Å². The minimum Gasteiger partial charge on any atom is -0.446 e. The van der Waals surface area contributed by atoms with E-state index >= 15 is 0 Å². The van der Waals surface area contributed by atoms with Crippen molar-refractivity contribution in [3.63, 3.8) is 0 Å². The smallest absolute Gasteiger partial charge is 0.411 e. The van der Waals surface area contributed by atoms with E-state index in [1.807, 2.05) is 54.6 Å². The van der Waals surface area contributed by atoms with Gasteiger partial charge in [0.05, 0.1) is 11.3 Å². The number of hydrogen-bond acceptors (Lipinski definition) is 7. The van der Waals surface area contributed by atoms with E-state index in [-0.39, 0.29) is 17.7 Å². The lowest BCUT2D eigenvalue weighted by Crippen LogP contribution is -2.42. The van der Waals surface area contributed by atoms with E-state index in [9.17, 15) is 14.4 Å². The van der Waals surface area contributed by atoms with Crippen LogP contribution in [0.3, 0.4) is 0 Å². The average molecular weight is 545 g/mol. The Balaban J connectivity index is 1.20. The van der Waals surface area contributed by atoms with Crippen molar-refractivity contribution in [3.05, 3.63) is 84.2 Å². The number of pyridine rings is 1. The number of benzene rings is 2. The van der Waals surface area contributed by atoms with E-state index in [4.69, 9.17) is 10.6 Å². The summed E-state index contributed by atoms with van der Waals surface area (Å²) in [6.45, 7) is 4.91. The number of ether oxygens (including phenoxy) is 1. The topological polar surface area (TPSA) is 121 Å². The number of carbonyl (C=O) groups is 3. The molecule has 0 bridgehead atoms. The Hall–Kier alpha value is -4.28. The fraction of sp³-hybridized carbons (Fsp3) is 0.333. The van der Waals surface area contributed by atoms with Crippen LogP contribution in [0.25, 0.3) is 11.1 Å². The van der Waals surface area contributed by atoms with Crippen molar-refractivity contribution in [3.8, 4) is 11.1 Å². The second-order valence-electron chi connectivity index (χ2n) is 9.73. The highest BCUT2D eigenvalue weighted by atomic mass is 16.6. The van der Waals surface area contributed by atoms with Crippen molar-refractivity contribution in [2.75, 3.05) is 45.1 Å². The maximum atomic E-state index is 12.8. The molecule has 1 aliphatic rings. The van der Waals surface area contributed by atoms with E-state index < -0.39 is 12.0 Å². The SMILES string of the molecule is CCN(N)C(=O)c1ccc(C(=O)N(C)CCN2CCC(OC(=O)Nc3ccccc3-c3ccccc3)CC2)cn1. The Bertz CT molecular complexity index is 1290. The summed E-state index contributed by atoms with van der Waals surface area (Å²) < 4.78 is 5.72. The molecule has 0 saturated carbocycles. The molecule has 3 amide bonds. The number of carbonyl (C=O) groups excluding carboxylic acids is 3. The molecule has 1 saturated heterocycles. The van der Waals surface area contributed by atoms with Gasteiger partial charge in [0, 0.05) is 51.5 Å². The lowest BCUT2D eigenvalue weighted by Gasteiger charge is -2.32. The molecule has 3 N–H and O–H groups in total. The van der Waals surface area contributed by atoms with E-state index in [1.165, 1.54) is 12.3 Å². The monoisotopic (exact) mass is 544 g/mol. The Labute approximate surface area is 234 Å². The molecule has 4 rings (SSSR count). The molecule has 0 aliphatic carbocycles. The van der Waals surface area contributed by atoms with Gasteiger partial charge in [0.15, 0.2) is 0 Å². The minimum atomic E-state index is -0.456. The number of likely N-dealkylation sites (N-methyl/N-ethyl adjacent to an activating group) is 1. The molecule has 40 heavy (non-hydrogen) atoms. The van der Waals surface area contributed by atoms with Crippen molar-refractivity contribution >= 4 is 23.6 Å². The van der Waals surface area contributed by atoms with Crippen LogP contribution in [-0.4, -0.2) is 83.6 Å². The zero-order chi connectivity index (χ0) is 28.5. The van der Waals surface area contributed by atoms with Gasteiger partial charge in [-0.2, -0.15) is 0 Å². The predicted octanol–water partition coefficient (Wildman–Crippen LogP) is 3.87. The summed E-state index contributed by atoms with van der Waals surface area (Å²) in [5, 5.41) is 3.97. The molecule has 0 radical (unpaired) electrons. The van der Waals surface area contributed by atoms with Gasteiger partial charge in [0.25, 0.3) is 11.8 Å². The highest BCUT2D eigenvalue weighted by Gasteiger charge is 2.24. The van der Waals surface area contributed by atoms with Crippen LogP contribution in [0.1, 0.15) is 40.6 Å². The Morgan fingerprint density at radius 1 is 1.00 bits per heavy atom. The first-order valence-electron chi connectivity index (χ1n) is 13.5. The number of para-hydroxylation sites is 1. The molecular formula is C30H36N6O4. The molecule has 1 fully saturated rings. The number of hydrazine groups is 1. The molecule has 2 aromatic carbocycles. The van der Waals surface area contributed by atoms with Crippen molar-refractivity contribution in [1.29, 1.82) is 0 Å². The van der Waals surface area contributed by atoms with Crippen LogP contribution in [0.4, 0.5) is 10.5 Å². The third-order valence-electron chi connectivity index (χ3n) is 6.99. The number of piperidine rings is 1. The largest absolute Gasteiger partial charge is 0.446 e. The number of nitrogens with zero attached hydrogens (tertiary/aromatic N) is 4. The van der Waals surface area contributed by atoms with Crippen molar-refractivity contribution in [2.24, 2.45) is 5.84 Å². The zero-order valence-corrected chi connectivity index (χ0v) is 23.0. The molecule has 0 atom stereocenters. The van der Waals surface area contributed by atoms with E-state index in [2.05, 4.69) is 15.2 Å². The highest BCUT2D eigenvalue weighted by Crippen LogP contribution is 2.28. The first-order chi connectivity index (χ1) is 19.4. The van der Waals surface area contributed by atoms with Crippen molar-refractivity contribution in [1.82, 2.24) is 19.8 Å². The normalized spacial score (nSPS) is 13.9. The van der Waals surface area contributed by atoms with Gasteiger partial charge in [-0.25, -0.2) is 10.6 Å². The van der Waals surface area contributed by atoms with Crippen molar-refractivity contribution in [2.45, 2.75) is 25.9 Å². The third kappa shape index (κ3) is 7.43. The molecule has 1 aromatic heterocycles. The fourth-order valence-corrected chi connectivity index (χ4v) is 4.55. The molecular weight excluding hydrogens is 508 g/mol. The number of nitrogens with two attached hydrogens (primary N) is 1. The summed E-state index contributed by atoms with van der Waals surface area (Å²) in [6.07, 6.45) is 2.23. The fourth-order valence-electron chi connectivity index (χ4n) is 4.55. The summed E-state index contributed by atoms with van der Waals surface area (Å²) in [4.78, 5) is 45.6. The van der Waals surface area contributed by atoms with E-state index in [1.54, 1.807) is 24.9 Å². The lowest BCUT2D eigenvalue weighted by atomic mass is 10.0. The molecule has 10 nitrogen and oxygen atoms in total. The lowest BCUT2D eigenvalue weighted by molar-refractivity contribution is 0.0540. The van der Waals surface area contributed by atoms with Gasteiger partial charge in [-0.05, 0) is 43.5 Å². The van der Waals surface area contributed by atoms with Crippen LogP contribution in [-0.2, 0) is 4.74 Å². The summed E-state index contributed by atoms with van der Waals surface area (Å²) in [7, 11) is 1.74. The number of anilines is 1. The zero-order valence-electron chi connectivity index (χ0n) is 23.0. The second-order valence-corrected chi connectivity index (χ2v) is 9.73. The molecule has 10 heteroatoms. The predicted molar refractivity (Wildman–Crippen MR) is 154 cm³/mol. The van der Waals surface area contributed by atoms with E-state index in [0.717, 1.165) is 42.1 Å². The molecule has 1 aliphatic heterocycles. The quantitative estimate of drug-likeness (QED) is 0.238. The van der Waals surface area contributed by atoms with Gasteiger partial charge in [-0.3, -0.25) is 24.9 Å². The van der Waals surface area contributed by atoms with Crippen LogP contribution in [0, 0.1) is 0 Å². The maximum Gasteiger partial charge on any atom is 0.411 e. The summed E-state index contributed by atoms with van der Waals surface area (Å²) >= 11 is 0. The van der Waals surface area contributed by atoms with Gasteiger partial charge < -0.3 is 14.5 Å². The Kier molecular flexibility index (Phi) is 9.82. The number of amides is 3. The molecule has 2 heterocycles. The molecule has 210 valence electrons. The van der Waals surface area contributed by atoms with Crippen LogP contribution in [0.5, 0.6) is 0 Å². The van der Waals surface area contributed by atoms with Gasteiger partial charge in [-0.1, -0.05) is 48.5 Å². The Morgan fingerprint density at radius 2 is 1.70 bits per heavy atom. The molecule has 3 aromatic rings. The van der Waals surface area contributed by atoms with Crippen LogP contribution in [0.2, 0.25) is 0 Å². The number of hydrogen-bond donors (Lipinski definition) is 2. The summed E-state index contributed by atoms with van der Waals surface area (Å²) in [5.41, 5.74) is 3.28. The standard InChI is InChI=1S/C30H36N6O4/c1-3-36(31)29(38)27-14-13-23(21-32-27)28(37)34(2)19-20-35-17-15-24(16-18-35)40-30(39)33-26-12-8-7-11-25(26)22-9-5-4-6-10-22/h4-14,21,24H,3,15-20,31H2,1-2H3,(H,33,39). The first kappa shape index (κ1) is 28.7. The van der Waals surface area contributed by atoms with Crippen LogP contribution >= 0.6 is 0 Å². The third-order valence-corrected chi connectivity index (χ3v) is 6.99. The van der Waals surface area contributed by atoms with E-state index in [0.29, 0.717) is 30.9 Å².